The maximum absolute atomic E-state index is 9.17. The van der Waals surface area contributed by atoms with E-state index in [9.17, 15) is 0 Å². The molecule has 5 nitrogen and oxygen atoms in total. The Morgan fingerprint density at radius 3 is 1.38 bits per heavy atom. The predicted octanol–water partition coefficient (Wildman–Crippen LogP) is -3.12. The summed E-state index contributed by atoms with van der Waals surface area (Å²) in [7, 11) is 0. The summed E-state index contributed by atoms with van der Waals surface area (Å²) in [6.45, 7) is 0. The molecule has 0 spiro atoms. The number of amides is 2. The predicted molar refractivity (Wildman–Crippen MR) is 19.7 cm³/mol. The normalized spacial score (nSPS) is 6.50. The number of carbonyl (C=O) groups is 2. The van der Waals surface area contributed by atoms with Crippen LogP contribution < -0.4 is 15.5 Å². The van der Waals surface area contributed by atoms with Gasteiger partial charge in [0.25, 0.3) is 0 Å². The van der Waals surface area contributed by atoms with Crippen LogP contribution in [0, 0.1) is 0 Å². The molecule has 0 unspecified atom stereocenters. The summed E-state index contributed by atoms with van der Waals surface area (Å²) in [5.41, 5.74) is 0. The third-order valence-electron chi connectivity index (χ3n) is 0.204. The second kappa shape index (κ2) is 4.66. The molecule has 0 radical (unpaired) electrons. The van der Waals surface area contributed by atoms with Gasteiger partial charge in [0.2, 0.25) is 0 Å². The van der Waals surface area contributed by atoms with Crippen molar-refractivity contribution in [1.29, 1.82) is 0 Å². The second-order valence-electron chi connectivity index (χ2n) is 0.700. The first kappa shape index (κ1) is 10.5. The number of carbonyl (C=O) groups excluding carboxylic acids is 2. The molecule has 6 heteroatoms. The van der Waals surface area contributed by atoms with Gasteiger partial charge in [0.15, 0.2) is 0 Å². The van der Waals surface area contributed by atoms with Crippen molar-refractivity contribution in [2.24, 2.45) is 0 Å². The fourth-order valence-electron chi connectivity index (χ4n) is 0.0833. The summed E-state index contributed by atoms with van der Waals surface area (Å²) in [4.78, 5) is 18.3. The number of rotatable bonds is 0. The van der Waals surface area contributed by atoms with Crippen molar-refractivity contribution in [2.75, 3.05) is 0 Å². The van der Waals surface area contributed by atoms with E-state index in [1.807, 2.05) is 0 Å². The summed E-state index contributed by atoms with van der Waals surface area (Å²) in [6, 6.07) is 0. The van der Waals surface area contributed by atoms with E-state index < -0.39 is 12.2 Å². The summed E-state index contributed by atoms with van der Waals surface area (Å²) in [6.07, 6.45) is -3.75. The van der Waals surface area contributed by atoms with Crippen molar-refractivity contribution in [2.45, 2.75) is 0 Å². The van der Waals surface area contributed by atoms with Gasteiger partial charge < -0.3 is 25.1 Å². The Morgan fingerprint density at radius 1 is 1.12 bits per heavy atom. The molecule has 0 aromatic carbocycles. The zero-order valence-corrected chi connectivity index (χ0v) is 5.25. The maximum atomic E-state index is 9.17. The Balaban J connectivity index is 0. The van der Waals surface area contributed by atoms with Gasteiger partial charge in [0.05, 0.1) is 0 Å². The first-order valence-electron chi connectivity index (χ1n) is 1.32. The first-order valence-corrected chi connectivity index (χ1v) is 1.32. The second-order valence-corrected chi connectivity index (χ2v) is 0.700. The zero-order valence-electron chi connectivity index (χ0n) is 3.84. The number of carboxylic acid groups (broad SMARTS) is 2. The van der Waals surface area contributed by atoms with Crippen molar-refractivity contribution in [1.82, 2.24) is 5.32 Å². The Morgan fingerprint density at radius 2 is 1.38 bits per heavy atom. The van der Waals surface area contributed by atoms with Gasteiger partial charge in [-0.2, -0.15) is 0 Å². The van der Waals surface area contributed by atoms with Gasteiger partial charge in [-0.3, -0.25) is 0 Å². The molecule has 0 aliphatic rings. The quantitative estimate of drug-likeness (QED) is 0.349. The van der Waals surface area contributed by atoms with E-state index in [0.717, 1.165) is 5.32 Å². The SMILES string of the molecule is O=C([O-])NC(=O)[O-].[Mg+2]. The monoisotopic (exact) mass is 127 g/mol. The van der Waals surface area contributed by atoms with Gasteiger partial charge in [-0.1, -0.05) is 0 Å². The molecule has 0 saturated carbocycles. The van der Waals surface area contributed by atoms with E-state index in [1.165, 1.54) is 0 Å². The van der Waals surface area contributed by atoms with Crippen LogP contribution in [-0.2, 0) is 0 Å². The summed E-state index contributed by atoms with van der Waals surface area (Å²) < 4.78 is 0. The molecule has 2 amide bonds. The standard InChI is InChI=1S/C2H3NO4.Mg/c4-1(5)3-2(6)7;/h3H,(H,4,5)(H,6,7);/q;+2/p-2. The number of nitrogens with one attached hydrogen (secondary N) is 1. The Labute approximate surface area is 60.8 Å². The van der Waals surface area contributed by atoms with Crippen molar-refractivity contribution in [3.05, 3.63) is 0 Å². The van der Waals surface area contributed by atoms with Gasteiger partial charge in [-0.25, -0.2) is 0 Å². The van der Waals surface area contributed by atoms with Gasteiger partial charge in [-0.15, -0.1) is 0 Å². The van der Waals surface area contributed by atoms with Crippen LogP contribution in [0.2, 0.25) is 0 Å². The van der Waals surface area contributed by atoms with Gasteiger partial charge in [-0.05, 0) is 0 Å². The summed E-state index contributed by atoms with van der Waals surface area (Å²) >= 11 is 0. The molecule has 0 bridgehead atoms. The number of hydrogen-bond acceptors (Lipinski definition) is 4. The summed E-state index contributed by atoms with van der Waals surface area (Å²) in [5.74, 6) is 0. The average molecular weight is 127 g/mol. The van der Waals surface area contributed by atoms with Gasteiger partial charge >= 0.3 is 23.1 Å². The van der Waals surface area contributed by atoms with Crippen LogP contribution in [0.1, 0.15) is 0 Å². The molecule has 0 aliphatic carbocycles. The molecule has 0 saturated heterocycles. The average Bonchev–Trinajstić information content (AvgIpc) is 1.27. The van der Waals surface area contributed by atoms with Crippen LogP contribution in [0.4, 0.5) is 9.59 Å². The molecule has 40 valence electrons. The minimum Gasteiger partial charge on any atom is -0.530 e. The van der Waals surface area contributed by atoms with Crippen molar-refractivity contribution in [3.8, 4) is 0 Å². The van der Waals surface area contributed by atoms with E-state index in [2.05, 4.69) is 0 Å². The largest absolute Gasteiger partial charge is 2.00 e. The molecule has 0 aromatic heterocycles. The van der Waals surface area contributed by atoms with Crippen molar-refractivity contribution in [3.63, 3.8) is 0 Å². The van der Waals surface area contributed by atoms with E-state index in [0.29, 0.717) is 0 Å². The van der Waals surface area contributed by atoms with E-state index in [-0.39, 0.29) is 23.1 Å². The van der Waals surface area contributed by atoms with Gasteiger partial charge in [0, 0.05) is 0 Å². The van der Waals surface area contributed by atoms with Crippen LogP contribution in [0.5, 0.6) is 0 Å². The molecule has 0 aliphatic heterocycles. The minimum atomic E-state index is -1.88. The molecule has 1 N–H and O–H groups in total. The van der Waals surface area contributed by atoms with Crippen LogP contribution in [0.3, 0.4) is 0 Å². The fraction of sp³-hybridized carbons (Fsp3) is 0. The van der Waals surface area contributed by atoms with Crippen LogP contribution in [-0.4, -0.2) is 35.2 Å². The van der Waals surface area contributed by atoms with E-state index >= 15 is 0 Å². The molecule has 0 rings (SSSR count). The molecule has 0 fully saturated rings. The molecule has 8 heavy (non-hydrogen) atoms. The number of hydrogen-bond donors (Lipinski definition) is 1. The van der Waals surface area contributed by atoms with Crippen molar-refractivity contribution >= 4 is 35.2 Å². The molecule has 0 heterocycles. The van der Waals surface area contributed by atoms with Crippen molar-refractivity contribution < 1.29 is 19.8 Å². The smallest absolute Gasteiger partial charge is 0.530 e. The Hall–Kier alpha value is -0.494. The van der Waals surface area contributed by atoms with Crippen LogP contribution in [0.25, 0.3) is 0 Å². The fourth-order valence-corrected chi connectivity index (χ4v) is 0.0833. The zero-order chi connectivity index (χ0) is 5.86. The number of imide groups is 1. The topological polar surface area (TPSA) is 92.3 Å². The third-order valence-corrected chi connectivity index (χ3v) is 0.204. The minimum absolute atomic E-state index is 0. The van der Waals surface area contributed by atoms with Crippen LogP contribution >= 0.6 is 0 Å². The molecular formula is C2HMgNO4. The van der Waals surface area contributed by atoms with E-state index in [4.69, 9.17) is 19.8 Å². The first-order chi connectivity index (χ1) is 3.13. The third kappa shape index (κ3) is 9.09. The summed E-state index contributed by atoms with van der Waals surface area (Å²) in [5, 5.41) is 19.2. The van der Waals surface area contributed by atoms with E-state index in [1.54, 1.807) is 0 Å². The maximum Gasteiger partial charge on any atom is 2.00 e. The molecule has 0 atom stereocenters. The molecular weight excluding hydrogens is 126 g/mol. The Kier molecular flexibility index (Phi) is 6.10. The van der Waals surface area contributed by atoms with Gasteiger partial charge in [0.1, 0.15) is 12.2 Å². The molecule has 0 aromatic rings. The van der Waals surface area contributed by atoms with Crippen LogP contribution in [0.15, 0.2) is 0 Å². The Bertz CT molecular complexity index is 90.2.